The number of methoxy groups -OCH3 is 2. The first kappa shape index (κ1) is 21.6. The van der Waals surface area contributed by atoms with Crippen LogP contribution in [0.1, 0.15) is 10.4 Å². The molecule has 1 amide bonds. The molecule has 0 saturated carbocycles. The fourth-order valence-corrected chi connectivity index (χ4v) is 4.42. The van der Waals surface area contributed by atoms with Gasteiger partial charge in [0, 0.05) is 23.9 Å². The number of hydrogen-bond donors (Lipinski definition) is 1. The molecule has 4 aromatic rings. The van der Waals surface area contributed by atoms with Gasteiger partial charge in [-0.1, -0.05) is 23.9 Å². The first-order valence-corrected chi connectivity index (χ1v) is 10.7. The van der Waals surface area contributed by atoms with E-state index in [0.29, 0.717) is 17.0 Å². The number of nitrogens with one attached hydrogen (secondary N) is 1. The maximum absolute atomic E-state index is 13.1. The number of aromatic nitrogens is 2. The highest BCUT2D eigenvalue weighted by molar-refractivity contribution is 7.99. The Morgan fingerprint density at radius 1 is 0.906 bits per heavy atom. The predicted octanol–water partition coefficient (Wildman–Crippen LogP) is 4.30. The smallest absolute Gasteiger partial charge is 0.328 e. The summed E-state index contributed by atoms with van der Waals surface area (Å²) in [6, 6.07) is 18.5. The first-order valence-electron chi connectivity index (χ1n) is 9.88. The molecular weight excluding hydrogens is 426 g/mol. The molecule has 0 aliphatic carbocycles. The van der Waals surface area contributed by atoms with Crippen LogP contribution >= 0.6 is 11.8 Å². The molecule has 0 bridgehead atoms. The maximum atomic E-state index is 13.1. The summed E-state index contributed by atoms with van der Waals surface area (Å²) in [5, 5.41) is 3.00. The van der Waals surface area contributed by atoms with Gasteiger partial charge in [0.25, 0.3) is 5.91 Å². The fourth-order valence-electron chi connectivity index (χ4n) is 3.50. The highest BCUT2D eigenvalue weighted by Crippen LogP contribution is 2.37. The molecule has 1 N–H and O–H groups in total. The Morgan fingerprint density at radius 2 is 1.56 bits per heavy atom. The largest absolute Gasteiger partial charge is 0.497 e. The molecule has 0 unspecified atom stereocenters. The number of anilines is 1. The van der Waals surface area contributed by atoms with Crippen molar-refractivity contribution in [3.05, 3.63) is 76.7 Å². The first-order chi connectivity index (χ1) is 15.4. The number of fused-ring (bicyclic) bond motifs is 1. The summed E-state index contributed by atoms with van der Waals surface area (Å²) >= 11 is 1.49. The molecule has 4 rings (SSSR count). The lowest BCUT2D eigenvalue weighted by Gasteiger charge is -2.14. The van der Waals surface area contributed by atoms with E-state index in [2.05, 4.69) is 5.32 Å². The van der Waals surface area contributed by atoms with Crippen LogP contribution in [0, 0.1) is 0 Å². The third-order valence-electron chi connectivity index (χ3n) is 5.26. The number of nitrogens with zero attached hydrogens (tertiary/aromatic N) is 2. The lowest BCUT2D eigenvalue weighted by Crippen LogP contribution is -2.19. The molecule has 1 aromatic heterocycles. The van der Waals surface area contributed by atoms with Crippen molar-refractivity contribution in [2.24, 2.45) is 14.1 Å². The number of ether oxygens (including phenoxy) is 2. The van der Waals surface area contributed by atoms with Crippen molar-refractivity contribution >= 4 is 34.4 Å². The van der Waals surface area contributed by atoms with Crippen LogP contribution in [-0.4, -0.2) is 29.3 Å². The minimum Gasteiger partial charge on any atom is -0.497 e. The maximum Gasteiger partial charge on any atom is 0.328 e. The number of para-hydroxylation sites is 1. The molecule has 0 spiro atoms. The van der Waals surface area contributed by atoms with Crippen molar-refractivity contribution in [3.8, 4) is 11.5 Å². The Balaban J connectivity index is 1.79. The SMILES string of the molecule is COc1ccc(Sc2cc3c(cc2NC(=O)c2ccccc2OC)n(C)c(=O)n3C)cc1. The van der Waals surface area contributed by atoms with Gasteiger partial charge >= 0.3 is 5.69 Å². The number of hydrogen-bond acceptors (Lipinski definition) is 5. The van der Waals surface area contributed by atoms with E-state index in [1.165, 1.54) is 18.9 Å². The van der Waals surface area contributed by atoms with E-state index >= 15 is 0 Å². The zero-order valence-corrected chi connectivity index (χ0v) is 19.0. The number of rotatable bonds is 6. The van der Waals surface area contributed by atoms with Gasteiger partial charge in [-0.2, -0.15) is 0 Å². The summed E-state index contributed by atoms with van der Waals surface area (Å²) in [4.78, 5) is 27.3. The van der Waals surface area contributed by atoms with Crippen LogP contribution in [0.4, 0.5) is 5.69 Å². The van der Waals surface area contributed by atoms with E-state index < -0.39 is 0 Å². The summed E-state index contributed by atoms with van der Waals surface area (Å²) in [6.45, 7) is 0. The second-order valence-corrected chi connectivity index (χ2v) is 8.29. The standard InChI is InChI=1S/C24H23N3O4S/c1-26-19-13-18(25-23(28)17-7-5-6-8-21(17)31-4)22(14-20(19)27(2)24(26)29)32-16-11-9-15(30-3)10-12-16/h5-14H,1-4H3,(H,25,28). The summed E-state index contributed by atoms with van der Waals surface area (Å²) in [5.41, 5.74) is 2.41. The Hall–Kier alpha value is -3.65. The third kappa shape index (κ3) is 3.97. The lowest BCUT2D eigenvalue weighted by atomic mass is 10.1. The Labute approximate surface area is 189 Å². The zero-order valence-electron chi connectivity index (χ0n) is 18.2. The molecule has 32 heavy (non-hydrogen) atoms. The van der Waals surface area contributed by atoms with Gasteiger partial charge in [0.05, 0.1) is 36.5 Å². The number of imidazole rings is 1. The second-order valence-electron chi connectivity index (χ2n) is 7.17. The summed E-state index contributed by atoms with van der Waals surface area (Å²) in [5.74, 6) is 0.960. The molecule has 7 nitrogen and oxygen atoms in total. The lowest BCUT2D eigenvalue weighted by molar-refractivity contribution is 0.102. The van der Waals surface area contributed by atoms with Crippen molar-refractivity contribution in [2.75, 3.05) is 19.5 Å². The molecule has 0 aliphatic rings. The topological polar surface area (TPSA) is 74.5 Å². The number of benzene rings is 3. The Morgan fingerprint density at radius 3 is 2.22 bits per heavy atom. The highest BCUT2D eigenvalue weighted by Gasteiger charge is 2.18. The number of amides is 1. The number of aryl methyl sites for hydroxylation is 2. The van der Waals surface area contributed by atoms with E-state index in [4.69, 9.17) is 9.47 Å². The Kier molecular flexibility index (Phi) is 5.96. The normalized spacial score (nSPS) is 10.9. The second kappa shape index (κ2) is 8.84. The molecule has 164 valence electrons. The highest BCUT2D eigenvalue weighted by atomic mass is 32.2. The summed E-state index contributed by atoms with van der Waals surface area (Å²) in [7, 11) is 6.60. The number of carbonyl (C=O) groups excluding carboxylic acids is 1. The quantitative estimate of drug-likeness (QED) is 0.475. The van der Waals surface area contributed by atoms with Crippen LogP contribution in [-0.2, 0) is 14.1 Å². The van der Waals surface area contributed by atoms with Crippen molar-refractivity contribution in [3.63, 3.8) is 0 Å². The molecule has 1 heterocycles. The molecule has 8 heteroatoms. The minimum absolute atomic E-state index is 0.131. The Bertz CT molecular complexity index is 1360. The van der Waals surface area contributed by atoms with Crippen LogP contribution in [0.2, 0.25) is 0 Å². The molecule has 0 saturated heterocycles. The average Bonchev–Trinajstić information content (AvgIpc) is 3.03. The van der Waals surface area contributed by atoms with E-state index in [0.717, 1.165) is 26.6 Å². The van der Waals surface area contributed by atoms with Gasteiger partial charge in [0.1, 0.15) is 11.5 Å². The van der Waals surface area contributed by atoms with Crippen molar-refractivity contribution in [1.82, 2.24) is 9.13 Å². The predicted molar refractivity (Wildman–Crippen MR) is 126 cm³/mol. The van der Waals surface area contributed by atoms with Gasteiger partial charge in [-0.05, 0) is 48.5 Å². The van der Waals surface area contributed by atoms with Crippen molar-refractivity contribution < 1.29 is 14.3 Å². The molecule has 3 aromatic carbocycles. The van der Waals surface area contributed by atoms with E-state index in [1.807, 2.05) is 42.5 Å². The van der Waals surface area contributed by atoms with E-state index in [9.17, 15) is 9.59 Å². The fraction of sp³-hybridized carbons (Fsp3) is 0.167. The van der Waals surface area contributed by atoms with Gasteiger partial charge in [-0.3, -0.25) is 13.9 Å². The van der Waals surface area contributed by atoms with Crippen LogP contribution < -0.4 is 20.5 Å². The zero-order chi connectivity index (χ0) is 22.8. The third-order valence-corrected chi connectivity index (χ3v) is 6.33. The average molecular weight is 450 g/mol. The van der Waals surface area contributed by atoms with Crippen LogP contribution in [0.3, 0.4) is 0 Å². The van der Waals surface area contributed by atoms with Crippen LogP contribution in [0.15, 0.2) is 75.2 Å². The molecular formula is C24H23N3O4S. The summed E-state index contributed by atoms with van der Waals surface area (Å²) in [6.07, 6.45) is 0. The van der Waals surface area contributed by atoms with Crippen LogP contribution in [0.5, 0.6) is 11.5 Å². The molecule has 0 fully saturated rings. The number of carbonyl (C=O) groups is 1. The van der Waals surface area contributed by atoms with Gasteiger partial charge in [-0.15, -0.1) is 0 Å². The van der Waals surface area contributed by atoms with E-state index in [-0.39, 0.29) is 11.6 Å². The monoisotopic (exact) mass is 449 g/mol. The molecule has 0 aliphatic heterocycles. The minimum atomic E-state index is -0.292. The van der Waals surface area contributed by atoms with Gasteiger partial charge in [-0.25, -0.2) is 4.79 Å². The van der Waals surface area contributed by atoms with E-state index in [1.54, 1.807) is 48.5 Å². The van der Waals surface area contributed by atoms with Crippen molar-refractivity contribution in [1.29, 1.82) is 0 Å². The molecule has 0 radical (unpaired) electrons. The van der Waals surface area contributed by atoms with Crippen LogP contribution in [0.25, 0.3) is 11.0 Å². The van der Waals surface area contributed by atoms with Gasteiger partial charge in [0.2, 0.25) is 0 Å². The van der Waals surface area contributed by atoms with Crippen molar-refractivity contribution in [2.45, 2.75) is 9.79 Å². The molecule has 0 atom stereocenters. The summed E-state index contributed by atoms with van der Waals surface area (Å²) < 4.78 is 13.7. The van der Waals surface area contributed by atoms with Gasteiger partial charge < -0.3 is 14.8 Å². The van der Waals surface area contributed by atoms with Gasteiger partial charge in [0.15, 0.2) is 0 Å².